The van der Waals surface area contributed by atoms with E-state index in [-0.39, 0.29) is 42.6 Å². The predicted octanol–water partition coefficient (Wildman–Crippen LogP) is -3.52. The fourth-order valence-electron chi connectivity index (χ4n) is 0. The van der Waals surface area contributed by atoms with E-state index in [9.17, 15) is 4.57 Å². The Balaban J connectivity index is -0.0000000417. The smallest absolute Gasteiger partial charge is 1.00 e. The molecule has 0 aliphatic heterocycles. The summed E-state index contributed by atoms with van der Waals surface area (Å²) in [6.45, 7) is 1.45. The minimum absolute atomic E-state index is 0. The van der Waals surface area contributed by atoms with Crippen molar-refractivity contribution in [3.8, 4) is 0 Å². The number of rotatable bonds is 1. The Labute approximate surface area is 71.5 Å². The van der Waals surface area contributed by atoms with Gasteiger partial charge < -0.3 is 16.7 Å². The molecule has 6 heteroatoms. The zero-order valence-corrected chi connectivity index (χ0v) is 7.85. The van der Waals surface area contributed by atoms with Gasteiger partial charge in [0.1, 0.15) is 0 Å². The van der Waals surface area contributed by atoms with Crippen LogP contribution in [0.5, 0.6) is 0 Å². The van der Waals surface area contributed by atoms with Gasteiger partial charge in [-0.25, -0.2) is 0 Å². The molecule has 0 unspecified atom stereocenters. The van der Waals surface area contributed by atoms with Crippen molar-refractivity contribution >= 4 is 7.60 Å². The van der Waals surface area contributed by atoms with Gasteiger partial charge in [-0.1, -0.05) is 6.92 Å². The summed E-state index contributed by atoms with van der Waals surface area (Å²) in [6, 6.07) is 0. The molecule has 4 nitrogen and oxygen atoms in total. The van der Waals surface area contributed by atoms with Crippen molar-refractivity contribution in [1.82, 2.24) is 0 Å². The third-order valence-corrected chi connectivity index (χ3v) is 1.24. The van der Waals surface area contributed by atoms with Gasteiger partial charge in [-0.2, -0.15) is 0 Å². The van der Waals surface area contributed by atoms with Crippen LogP contribution in [0.1, 0.15) is 8.35 Å². The van der Waals surface area contributed by atoms with Gasteiger partial charge in [-0.15, -0.1) is 0 Å². The molecule has 0 saturated carbocycles. The first-order valence-corrected chi connectivity index (χ1v) is 3.40. The molecule has 0 saturated heterocycles. The molecule has 0 spiro atoms. The molecule has 0 heterocycles. The largest absolute Gasteiger partial charge is 1.00 e. The quantitative estimate of drug-likeness (QED) is 0.301. The van der Waals surface area contributed by atoms with Crippen molar-refractivity contribution in [2.75, 3.05) is 6.16 Å². The van der Waals surface area contributed by atoms with Gasteiger partial charge in [0.25, 0.3) is 0 Å². The standard InChI is InChI=1S/C2H7O3P.Na.H2O.H/c1-2-6(3,4)5;;;/h2H2,1H3,(H2,3,4,5);;1H2;/q;+1;;-1. The van der Waals surface area contributed by atoms with Gasteiger partial charge in [0.2, 0.25) is 0 Å². The monoisotopic (exact) mass is 152 g/mol. The normalized spacial score (nSPS) is 8.88. The summed E-state index contributed by atoms with van der Waals surface area (Å²) in [6.07, 6.45) is -0.0625. The summed E-state index contributed by atoms with van der Waals surface area (Å²) in [4.78, 5) is 15.9. The van der Waals surface area contributed by atoms with E-state index in [1.807, 2.05) is 0 Å². The van der Waals surface area contributed by atoms with Crippen LogP contribution in [-0.2, 0) is 4.57 Å². The summed E-state index contributed by atoms with van der Waals surface area (Å²) >= 11 is 0. The first kappa shape index (κ1) is 16.1. The first-order chi connectivity index (χ1) is 2.56. The minimum atomic E-state index is -3.65. The van der Waals surface area contributed by atoms with E-state index >= 15 is 0 Å². The van der Waals surface area contributed by atoms with Crippen LogP contribution in [0.25, 0.3) is 0 Å². The summed E-state index contributed by atoms with van der Waals surface area (Å²) in [5, 5.41) is 0. The van der Waals surface area contributed by atoms with E-state index in [1.165, 1.54) is 6.92 Å². The molecule has 0 aliphatic rings. The molecule has 0 bridgehead atoms. The summed E-state index contributed by atoms with van der Waals surface area (Å²) in [5.74, 6) is 0. The van der Waals surface area contributed by atoms with Crippen LogP contribution < -0.4 is 29.6 Å². The fourth-order valence-corrected chi connectivity index (χ4v) is 0. The van der Waals surface area contributed by atoms with Crippen LogP contribution in [0.3, 0.4) is 0 Å². The first-order valence-electron chi connectivity index (χ1n) is 1.61. The Morgan fingerprint density at radius 1 is 1.62 bits per heavy atom. The Kier molecular flexibility index (Phi) is 12.5. The van der Waals surface area contributed by atoms with E-state index in [0.29, 0.717) is 0 Å². The topological polar surface area (TPSA) is 89.0 Å². The molecule has 0 rings (SSSR count). The number of hydrogen-bond donors (Lipinski definition) is 2. The molecular formula is C2H10NaO4P. The Bertz CT molecular complexity index is 82.6. The second kappa shape index (κ2) is 6.23. The Hall–Kier alpha value is 1.11. The maximum atomic E-state index is 9.69. The van der Waals surface area contributed by atoms with E-state index < -0.39 is 7.60 Å². The summed E-state index contributed by atoms with van der Waals surface area (Å²) in [5.41, 5.74) is 0. The third-order valence-electron chi connectivity index (χ3n) is 0.412. The van der Waals surface area contributed by atoms with E-state index in [2.05, 4.69) is 0 Å². The van der Waals surface area contributed by atoms with Crippen molar-refractivity contribution in [1.29, 1.82) is 0 Å². The van der Waals surface area contributed by atoms with Gasteiger partial charge in [-0.3, -0.25) is 4.57 Å². The molecule has 0 amide bonds. The van der Waals surface area contributed by atoms with Gasteiger partial charge in [0, 0.05) is 6.16 Å². The molecule has 4 N–H and O–H groups in total. The molecule has 0 aromatic carbocycles. The van der Waals surface area contributed by atoms with E-state index in [0.717, 1.165) is 0 Å². The maximum absolute atomic E-state index is 9.69. The molecule has 8 heavy (non-hydrogen) atoms. The van der Waals surface area contributed by atoms with Gasteiger partial charge in [0.05, 0.1) is 0 Å². The third kappa shape index (κ3) is 15.7. The van der Waals surface area contributed by atoms with Gasteiger partial charge >= 0.3 is 37.2 Å². The molecule has 48 valence electrons. The molecule has 0 aromatic heterocycles. The fraction of sp³-hybridized carbons (Fsp3) is 1.00. The van der Waals surface area contributed by atoms with Crippen molar-refractivity contribution in [3.63, 3.8) is 0 Å². The van der Waals surface area contributed by atoms with Crippen molar-refractivity contribution in [3.05, 3.63) is 0 Å². The van der Waals surface area contributed by atoms with Crippen LogP contribution in [0.15, 0.2) is 0 Å². The molecule has 0 fully saturated rings. The molecule has 0 aliphatic carbocycles. The average Bonchev–Trinajstić information content (AvgIpc) is 1.35. The van der Waals surface area contributed by atoms with E-state index in [1.54, 1.807) is 0 Å². The predicted molar refractivity (Wildman–Crippen MR) is 27.3 cm³/mol. The zero-order chi connectivity index (χ0) is 5.21. The van der Waals surface area contributed by atoms with Crippen molar-refractivity contribution in [2.45, 2.75) is 6.92 Å². The van der Waals surface area contributed by atoms with Crippen molar-refractivity contribution in [2.24, 2.45) is 0 Å². The SMILES string of the molecule is CCP(=O)(O)O.O.[H-].[Na+]. The van der Waals surface area contributed by atoms with Crippen molar-refractivity contribution < 1.29 is 50.8 Å². The van der Waals surface area contributed by atoms with Crippen LogP contribution in [-0.4, -0.2) is 21.4 Å². The number of hydrogen-bond acceptors (Lipinski definition) is 1. The second-order valence-corrected chi connectivity index (χ2v) is 2.94. The molecular weight excluding hydrogens is 142 g/mol. The summed E-state index contributed by atoms with van der Waals surface area (Å²) < 4.78 is 9.69. The summed E-state index contributed by atoms with van der Waals surface area (Å²) in [7, 11) is -3.65. The van der Waals surface area contributed by atoms with E-state index in [4.69, 9.17) is 9.79 Å². The van der Waals surface area contributed by atoms with Gasteiger partial charge in [-0.05, 0) is 0 Å². The van der Waals surface area contributed by atoms with Gasteiger partial charge in [0.15, 0.2) is 0 Å². The van der Waals surface area contributed by atoms with Crippen LogP contribution >= 0.6 is 7.60 Å². The average molecular weight is 152 g/mol. The van der Waals surface area contributed by atoms with Crippen LogP contribution in [0.4, 0.5) is 0 Å². The Morgan fingerprint density at radius 2 is 1.75 bits per heavy atom. The minimum Gasteiger partial charge on any atom is -1.00 e. The van der Waals surface area contributed by atoms with Crippen LogP contribution in [0.2, 0.25) is 0 Å². The maximum Gasteiger partial charge on any atom is 1.00 e. The molecule has 0 atom stereocenters. The second-order valence-electron chi connectivity index (χ2n) is 0.981. The zero-order valence-electron chi connectivity index (χ0n) is 5.96. The molecule has 0 radical (unpaired) electrons. The Morgan fingerprint density at radius 3 is 1.75 bits per heavy atom. The van der Waals surface area contributed by atoms with Crippen LogP contribution in [0, 0.1) is 0 Å². The molecule has 0 aromatic rings.